The number of ether oxygens (including phenoxy) is 2. The van der Waals surface area contributed by atoms with Gasteiger partial charge in [-0.1, -0.05) is 6.07 Å². The van der Waals surface area contributed by atoms with E-state index in [0.717, 1.165) is 55.7 Å². The Balaban J connectivity index is 0.00000370. The van der Waals surface area contributed by atoms with Gasteiger partial charge in [-0.3, -0.25) is 15.0 Å². The number of aromatic nitrogens is 1. The van der Waals surface area contributed by atoms with Gasteiger partial charge in [0.2, 0.25) is 0 Å². The maximum Gasteiger partial charge on any atom is 0.303 e. The molecule has 2 fully saturated rings. The van der Waals surface area contributed by atoms with Crippen molar-refractivity contribution in [3.8, 4) is 11.5 Å². The molecule has 2 aliphatic heterocycles. The summed E-state index contributed by atoms with van der Waals surface area (Å²) in [5.41, 5.74) is 4.10. The number of Topliss-reactive ketones (excluding diaryl/α,β-unsaturated/α-hetero) is 1. The molecule has 0 unspecified atom stereocenters. The molecule has 0 spiro atoms. The van der Waals surface area contributed by atoms with Crippen LogP contribution in [0.25, 0.3) is 0 Å². The third-order valence-corrected chi connectivity index (χ3v) is 7.43. The molecule has 40 heavy (non-hydrogen) atoms. The Kier molecular flexibility index (Phi) is 9.71. The molecule has 2 aromatic rings. The molecular weight excluding hydrogens is 576 g/mol. The van der Waals surface area contributed by atoms with Crippen LogP contribution in [0.5, 0.6) is 11.5 Å². The Bertz CT molecular complexity index is 1260. The van der Waals surface area contributed by atoms with Gasteiger partial charge in [-0.15, -0.1) is 17.0 Å². The van der Waals surface area contributed by atoms with E-state index in [1.807, 2.05) is 19.9 Å². The lowest BCUT2D eigenvalue weighted by Crippen LogP contribution is -2.30. The van der Waals surface area contributed by atoms with Gasteiger partial charge in [-0.05, 0) is 70.6 Å². The molecule has 1 saturated carbocycles. The quantitative estimate of drug-likeness (QED) is 0.222. The number of carbonyl (C=O) groups is 2. The number of halogens is 1. The van der Waals surface area contributed by atoms with Gasteiger partial charge in [0.1, 0.15) is 11.5 Å². The minimum Gasteiger partial charge on any atom is -0.488 e. The summed E-state index contributed by atoms with van der Waals surface area (Å²) in [5.74, 6) is 1.05. The molecule has 3 aliphatic rings. The molecule has 216 valence electrons. The fourth-order valence-electron chi connectivity index (χ4n) is 5.26. The zero-order chi connectivity index (χ0) is 27.5. The number of fused-ring (bicyclic) bond motifs is 1. The molecular formula is C30H39BrN4O5. The van der Waals surface area contributed by atoms with Crippen molar-refractivity contribution < 1.29 is 24.2 Å². The van der Waals surface area contributed by atoms with Crippen LogP contribution in [0.15, 0.2) is 24.3 Å². The third kappa shape index (κ3) is 6.95. The van der Waals surface area contributed by atoms with Crippen molar-refractivity contribution in [1.82, 2.24) is 9.88 Å². The van der Waals surface area contributed by atoms with Crippen LogP contribution in [0.4, 0.5) is 5.69 Å². The average molecular weight is 616 g/mol. The van der Waals surface area contributed by atoms with E-state index in [4.69, 9.17) is 25.0 Å². The van der Waals surface area contributed by atoms with Gasteiger partial charge >= 0.3 is 5.97 Å². The number of unbranched alkanes of at least 4 members (excludes halogenated alkanes) is 1. The summed E-state index contributed by atoms with van der Waals surface area (Å²) in [5, 5.41) is 17.6. The number of rotatable bonds is 13. The summed E-state index contributed by atoms with van der Waals surface area (Å²) in [6.45, 7) is 6.58. The van der Waals surface area contributed by atoms with Gasteiger partial charge in [0.25, 0.3) is 0 Å². The van der Waals surface area contributed by atoms with Gasteiger partial charge in [-0.2, -0.15) is 0 Å². The molecule has 0 atom stereocenters. The monoisotopic (exact) mass is 614 g/mol. The highest BCUT2D eigenvalue weighted by Crippen LogP contribution is 2.42. The highest BCUT2D eigenvalue weighted by atomic mass is 79.9. The molecule has 1 aliphatic carbocycles. The molecule has 5 rings (SSSR count). The van der Waals surface area contributed by atoms with Crippen molar-refractivity contribution in [2.45, 2.75) is 77.4 Å². The first-order valence-electron chi connectivity index (χ1n) is 14.1. The Morgan fingerprint density at radius 1 is 1.15 bits per heavy atom. The normalized spacial score (nSPS) is 16.2. The van der Waals surface area contributed by atoms with Gasteiger partial charge in [0.15, 0.2) is 17.3 Å². The zero-order valence-corrected chi connectivity index (χ0v) is 25.0. The maximum atomic E-state index is 13.6. The summed E-state index contributed by atoms with van der Waals surface area (Å²) < 4.78 is 12.4. The zero-order valence-electron chi connectivity index (χ0n) is 23.3. The highest BCUT2D eigenvalue weighted by Gasteiger charge is 2.32. The molecule has 10 heteroatoms. The van der Waals surface area contributed by atoms with Gasteiger partial charge < -0.3 is 24.4 Å². The molecule has 0 bridgehead atoms. The van der Waals surface area contributed by atoms with Crippen molar-refractivity contribution in [1.29, 1.82) is 5.41 Å². The van der Waals surface area contributed by atoms with Crippen LogP contribution < -0.4 is 14.4 Å². The van der Waals surface area contributed by atoms with Crippen LogP contribution in [0.3, 0.4) is 0 Å². The van der Waals surface area contributed by atoms with E-state index in [0.29, 0.717) is 60.5 Å². The Morgan fingerprint density at radius 3 is 2.58 bits per heavy atom. The standard InChI is InChI=1S/C30H38N4O5.BrH/c1-19(2)39-26-16-22(15-24(33-12-4-5-13-33)29(26)38-14-6-3-7-27(36)37)25(35)18-34-17-21-10-11-23(20-8-9-20)32-28(21)30(34)31;/h10-11,15-16,19-20,31H,3-9,12-14,17-18H2,1-2H3,(H,36,37);1H. The van der Waals surface area contributed by atoms with Gasteiger partial charge in [-0.25, -0.2) is 4.98 Å². The average Bonchev–Trinajstić information content (AvgIpc) is 3.51. The van der Waals surface area contributed by atoms with Crippen LogP contribution in [0, 0.1) is 5.41 Å². The number of amidine groups is 1. The number of anilines is 1. The van der Waals surface area contributed by atoms with Crippen LogP contribution >= 0.6 is 17.0 Å². The molecule has 1 saturated heterocycles. The fraction of sp³-hybridized carbons (Fsp3) is 0.533. The Hall–Kier alpha value is -3.14. The number of carboxylic acids is 1. The topological polar surface area (TPSA) is 116 Å². The molecule has 2 N–H and O–H groups in total. The number of nitrogens with one attached hydrogen (secondary N) is 1. The summed E-state index contributed by atoms with van der Waals surface area (Å²) in [7, 11) is 0. The second kappa shape index (κ2) is 13.0. The molecule has 0 radical (unpaired) electrons. The second-order valence-electron chi connectivity index (χ2n) is 11.0. The molecule has 1 aromatic carbocycles. The number of carbonyl (C=O) groups excluding carboxylic acids is 1. The number of nitrogens with zero attached hydrogens (tertiary/aromatic N) is 3. The van der Waals surface area contributed by atoms with E-state index >= 15 is 0 Å². The van der Waals surface area contributed by atoms with Crippen molar-refractivity contribution in [3.05, 3.63) is 46.8 Å². The first kappa shape index (κ1) is 29.8. The lowest BCUT2D eigenvalue weighted by Gasteiger charge is -2.26. The third-order valence-electron chi connectivity index (χ3n) is 7.43. The van der Waals surface area contributed by atoms with Crippen molar-refractivity contribution in [3.63, 3.8) is 0 Å². The lowest BCUT2D eigenvalue weighted by atomic mass is 10.1. The predicted octanol–water partition coefficient (Wildman–Crippen LogP) is 5.58. The van der Waals surface area contributed by atoms with Crippen LogP contribution in [-0.2, 0) is 11.3 Å². The summed E-state index contributed by atoms with van der Waals surface area (Å²) in [6.07, 6.45) is 5.58. The van der Waals surface area contributed by atoms with Gasteiger partial charge in [0, 0.05) is 48.8 Å². The smallest absolute Gasteiger partial charge is 0.303 e. The highest BCUT2D eigenvalue weighted by molar-refractivity contribution is 8.93. The summed E-state index contributed by atoms with van der Waals surface area (Å²) >= 11 is 0. The maximum absolute atomic E-state index is 13.6. The van der Waals surface area contributed by atoms with E-state index in [2.05, 4.69) is 17.0 Å². The number of carboxylic acid groups (broad SMARTS) is 1. The summed E-state index contributed by atoms with van der Waals surface area (Å²) in [4.78, 5) is 33.3. The number of pyridine rings is 1. The SMILES string of the molecule is Br.CC(C)Oc1cc(C(=O)CN2Cc3ccc(C4CC4)nc3C2=N)cc(N2CCCC2)c1OCCCCC(=O)O. The Labute approximate surface area is 246 Å². The molecule has 0 amide bonds. The van der Waals surface area contributed by atoms with Crippen LogP contribution in [0.2, 0.25) is 0 Å². The van der Waals surface area contributed by atoms with Crippen molar-refractivity contribution >= 4 is 40.3 Å². The van der Waals surface area contributed by atoms with Crippen molar-refractivity contribution in [2.75, 3.05) is 31.1 Å². The van der Waals surface area contributed by atoms with Crippen LogP contribution in [-0.4, -0.2) is 64.9 Å². The van der Waals surface area contributed by atoms with E-state index in [-0.39, 0.29) is 41.8 Å². The largest absolute Gasteiger partial charge is 0.488 e. The number of hydrogen-bond acceptors (Lipinski definition) is 7. The minimum absolute atomic E-state index is 0. The molecule has 9 nitrogen and oxygen atoms in total. The lowest BCUT2D eigenvalue weighted by molar-refractivity contribution is -0.137. The Morgan fingerprint density at radius 2 is 1.90 bits per heavy atom. The predicted molar refractivity (Wildman–Crippen MR) is 159 cm³/mol. The molecule has 3 heterocycles. The van der Waals surface area contributed by atoms with Crippen molar-refractivity contribution in [2.24, 2.45) is 0 Å². The number of ketones is 1. The van der Waals surface area contributed by atoms with E-state index < -0.39 is 5.97 Å². The fourth-order valence-corrected chi connectivity index (χ4v) is 5.26. The first-order chi connectivity index (χ1) is 18.8. The number of aliphatic carboxylic acids is 1. The molecule has 1 aromatic heterocycles. The van der Waals surface area contributed by atoms with Crippen LogP contribution in [0.1, 0.15) is 92.0 Å². The number of hydrogen-bond donors (Lipinski definition) is 2. The summed E-state index contributed by atoms with van der Waals surface area (Å²) in [6, 6.07) is 7.76. The van der Waals surface area contributed by atoms with E-state index in [9.17, 15) is 9.59 Å². The van der Waals surface area contributed by atoms with Gasteiger partial charge in [0.05, 0.1) is 24.9 Å². The minimum atomic E-state index is -0.812. The second-order valence-corrected chi connectivity index (χ2v) is 11.0. The first-order valence-corrected chi connectivity index (χ1v) is 14.1. The number of benzene rings is 1. The van der Waals surface area contributed by atoms with E-state index in [1.54, 1.807) is 11.0 Å². The van der Waals surface area contributed by atoms with E-state index in [1.165, 1.54) is 0 Å².